The molecule has 5 nitrogen and oxygen atoms in total. The van der Waals surface area contributed by atoms with Gasteiger partial charge in [-0.2, -0.15) is 0 Å². The summed E-state index contributed by atoms with van der Waals surface area (Å²) < 4.78 is 11.3. The van der Waals surface area contributed by atoms with Gasteiger partial charge in [0.1, 0.15) is 6.61 Å². The molecule has 0 heterocycles. The minimum absolute atomic E-state index is 0.261. The molecule has 3 aromatic rings. The third kappa shape index (κ3) is 6.28. The van der Waals surface area contributed by atoms with Crippen molar-refractivity contribution in [3.05, 3.63) is 91.9 Å². The van der Waals surface area contributed by atoms with Gasteiger partial charge in [-0.3, -0.25) is 0 Å². The summed E-state index contributed by atoms with van der Waals surface area (Å²) in [4.78, 5) is 10.9. The second-order valence-electron chi connectivity index (χ2n) is 6.75. The van der Waals surface area contributed by atoms with E-state index in [-0.39, 0.29) is 12.2 Å². The molecule has 0 radical (unpaired) electrons. The Morgan fingerprint density at radius 3 is 2.16 bits per heavy atom. The van der Waals surface area contributed by atoms with Crippen LogP contribution in [0.2, 0.25) is 15.1 Å². The largest absolute Gasteiger partial charge is 0.493 e. The molecule has 0 aliphatic rings. The monoisotopic (exact) mass is 479 g/mol. The lowest BCUT2D eigenvalue weighted by Crippen LogP contribution is -2.13. The Balaban J connectivity index is 1.62. The Hall–Kier alpha value is -2.44. The van der Waals surface area contributed by atoms with Gasteiger partial charge < -0.3 is 19.9 Å². The maximum Gasteiger partial charge on any atom is 0.335 e. The minimum Gasteiger partial charge on any atom is -0.493 e. The maximum absolute atomic E-state index is 10.9. The number of nitrogens with one attached hydrogen (secondary N) is 1. The Bertz CT molecular complexity index is 1070. The molecule has 0 atom stereocenters. The summed E-state index contributed by atoms with van der Waals surface area (Å²) in [5, 5.41) is 13.6. The number of ether oxygens (including phenoxy) is 2. The SMILES string of the molecule is COc1cc(CNCc2ccc(C(=O)O)cc2)cc(Cl)c1OCc1ccc(Cl)c(Cl)c1. The lowest BCUT2D eigenvalue weighted by atomic mass is 10.1. The molecule has 3 aromatic carbocycles. The Kier molecular flexibility index (Phi) is 8.04. The van der Waals surface area contributed by atoms with Crippen molar-refractivity contribution in [2.45, 2.75) is 19.7 Å². The van der Waals surface area contributed by atoms with Crippen LogP contribution < -0.4 is 14.8 Å². The molecule has 162 valence electrons. The molecule has 0 unspecified atom stereocenters. The molecular formula is C23H20Cl3NO4. The lowest BCUT2D eigenvalue weighted by molar-refractivity contribution is 0.0697. The Labute approximate surface area is 195 Å². The predicted molar refractivity (Wildman–Crippen MR) is 123 cm³/mol. The number of rotatable bonds is 9. The van der Waals surface area contributed by atoms with Crippen LogP contribution in [0.15, 0.2) is 54.6 Å². The van der Waals surface area contributed by atoms with Crippen molar-refractivity contribution < 1.29 is 19.4 Å². The first-order valence-corrected chi connectivity index (χ1v) is 10.5. The summed E-state index contributed by atoms with van der Waals surface area (Å²) in [6.07, 6.45) is 0. The van der Waals surface area contributed by atoms with Crippen LogP contribution in [0.1, 0.15) is 27.0 Å². The van der Waals surface area contributed by atoms with Crippen LogP contribution >= 0.6 is 34.8 Å². The molecule has 0 saturated carbocycles. The summed E-state index contributed by atoms with van der Waals surface area (Å²) in [6, 6.07) is 15.7. The number of benzene rings is 3. The minimum atomic E-state index is -0.942. The molecule has 0 amide bonds. The van der Waals surface area contributed by atoms with Crippen LogP contribution in [0.3, 0.4) is 0 Å². The molecule has 0 spiro atoms. The molecule has 0 fully saturated rings. The van der Waals surface area contributed by atoms with Crippen molar-refractivity contribution in [1.82, 2.24) is 5.32 Å². The first kappa shape index (κ1) is 23.2. The summed E-state index contributed by atoms with van der Waals surface area (Å²) in [7, 11) is 1.55. The van der Waals surface area contributed by atoms with Crippen molar-refractivity contribution in [1.29, 1.82) is 0 Å². The zero-order valence-electron chi connectivity index (χ0n) is 16.6. The van der Waals surface area contributed by atoms with Crippen LogP contribution in [0, 0.1) is 0 Å². The first-order chi connectivity index (χ1) is 14.9. The number of aromatic carboxylic acids is 1. The predicted octanol–water partition coefficient (Wildman–Crippen LogP) is 6.22. The van der Waals surface area contributed by atoms with E-state index in [1.165, 1.54) is 0 Å². The molecule has 8 heteroatoms. The summed E-state index contributed by atoms with van der Waals surface area (Å²) >= 11 is 18.4. The zero-order valence-corrected chi connectivity index (χ0v) is 18.9. The van der Waals surface area contributed by atoms with Gasteiger partial charge in [0.25, 0.3) is 0 Å². The fraction of sp³-hybridized carbons (Fsp3) is 0.174. The van der Waals surface area contributed by atoms with Gasteiger partial charge in [-0.1, -0.05) is 53.0 Å². The maximum atomic E-state index is 10.9. The molecule has 0 bridgehead atoms. The summed E-state index contributed by atoms with van der Waals surface area (Å²) in [5.41, 5.74) is 3.01. The van der Waals surface area contributed by atoms with E-state index in [0.29, 0.717) is 39.7 Å². The van der Waals surface area contributed by atoms with Gasteiger partial charge in [-0.05, 0) is 53.1 Å². The number of carbonyl (C=O) groups is 1. The highest BCUT2D eigenvalue weighted by Crippen LogP contribution is 2.37. The molecule has 2 N–H and O–H groups in total. The van der Waals surface area contributed by atoms with Gasteiger partial charge in [0.05, 0.1) is 27.7 Å². The van der Waals surface area contributed by atoms with Gasteiger partial charge in [0, 0.05) is 13.1 Å². The Morgan fingerprint density at radius 1 is 0.871 bits per heavy atom. The molecular weight excluding hydrogens is 461 g/mol. The van der Waals surface area contributed by atoms with Crippen LogP contribution in [0.5, 0.6) is 11.5 Å². The third-order valence-electron chi connectivity index (χ3n) is 4.52. The molecule has 31 heavy (non-hydrogen) atoms. The Morgan fingerprint density at radius 2 is 1.52 bits per heavy atom. The van der Waals surface area contributed by atoms with Gasteiger partial charge >= 0.3 is 5.97 Å². The van der Waals surface area contributed by atoms with E-state index < -0.39 is 5.97 Å². The molecule has 0 saturated heterocycles. The highest BCUT2D eigenvalue weighted by atomic mass is 35.5. The average molecular weight is 481 g/mol. The number of hydrogen-bond donors (Lipinski definition) is 2. The van der Waals surface area contributed by atoms with Crippen molar-refractivity contribution in [2.75, 3.05) is 7.11 Å². The van der Waals surface area contributed by atoms with Crippen LogP contribution in [-0.2, 0) is 19.7 Å². The van der Waals surface area contributed by atoms with Gasteiger partial charge in [-0.25, -0.2) is 4.79 Å². The summed E-state index contributed by atoms with van der Waals surface area (Å²) in [5.74, 6) is 0.0288. The quantitative estimate of drug-likeness (QED) is 0.380. The first-order valence-electron chi connectivity index (χ1n) is 9.33. The fourth-order valence-electron chi connectivity index (χ4n) is 2.92. The number of carboxylic acid groups (broad SMARTS) is 1. The molecule has 0 aliphatic carbocycles. The van der Waals surface area contributed by atoms with Gasteiger partial charge in [-0.15, -0.1) is 0 Å². The van der Waals surface area contributed by atoms with Gasteiger partial charge in [0.15, 0.2) is 11.5 Å². The topological polar surface area (TPSA) is 67.8 Å². The summed E-state index contributed by atoms with van der Waals surface area (Å²) in [6.45, 7) is 1.39. The highest BCUT2D eigenvalue weighted by Gasteiger charge is 2.13. The highest BCUT2D eigenvalue weighted by molar-refractivity contribution is 6.42. The second-order valence-corrected chi connectivity index (χ2v) is 7.97. The van der Waals surface area contributed by atoms with Crippen molar-refractivity contribution in [3.63, 3.8) is 0 Å². The molecule has 0 aliphatic heterocycles. The second kappa shape index (κ2) is 10.7. The number of hydrogen-bond acceptors (Lipinski definition) is 4. The van der Waals surface area contributed by atoms with Crippen LogP contribution in [0.4, 0.5) is 0 Å². The van der Waals surface area contributed by atoms with Crippen molar-refractivity contribution in [2.24, 2.45) is 0 Å². The van der Waals surface area contributed by atoms with Crippen molar-refractivity contribution >= 4 is 40.8 Å². The fourth-order valence-corrected chi connectivity index (χ4v) is 3.53. The van der Waals surface area contributed by atoms with E-state index in [2.05, 4.69) is 5.32 Å². The smallest absolute Gasteiger partial charge is 0.335 e. The van der Waals surface area contributed by atoms with E-state index in [1.54, 1.807) is 43.5 Å². The zero-order chi connectivity index (χ0) is 22.4. The number of methoxy groups -OCH3 is 1. The van der Waals surface area contributed by atoms with Gasteiger partial charge in [0.2, 0.25) is 0 Å². The van der Waals surface area contributed by atoms with Crippen molar-refractivity contribution in [3.8, 4) is 11.5 Å². The number of halogens is 3. The number of carboxylic acids is 1. The van der Waals surface area contributed by atoms with E-state index in [9.17, 15) is 4.79 Å². The third-order valence-corrected chi connectivity index (χ3v) is 5.54. The van der Waals surface area contributed by atoms with E-state index in [1.807, 2.05) is 18.2 Å². The average Bonchev–Trinajstić information content (AvgIpc) is 2.75. The van der Waals surface area contributed by atoms with E-state index in [0.717, 1.165) is 16.7 Å². The normalized spacial score (nSPS) is 10.7. The molecule has 0 aromatic heterocycles. The van der Waals surface area contributed by atoms with E-state index >= 15 is 0 Å². The van der Waals surface area contributed by atoms with Crippen LogP contribution in [-0.4, -0.2) is 18.2 Å². The molecule has 3 rings (SSSR count). The van der Waals surface area contributed by atoms with Crippen LogP contribution in [0.25, 0.3) is 0 Å². The standard InChI is InChI=1S/C23H20Cl3NO4/c1-30-21-10-16(12-27-11-14-2-5-17(6-3-14)23(28)29)9-20(26)22(21)31-13-15-4-7-18(24)19(25)8-15/h2-10,27H,11-13H2,1H3,(H,28,29). The lowest BCUT2D eigenvalue weighted by Gasteiger charge is -2.15. The van der Waals surface area contributed by atoms with E-state index in [4.69, 9.17) is 49.4 Å².